The lowest BCUT2D eigenvalue weighted by atomic mass is 9.80. The topological polar surface area (TPSA) is 152 Å². The molecule has 3 aromatic rings. The van der Waals surface area contributed by atoms with Crippen molar-refractivity contribution in [1.82, 2.24) is 15.0 Å². The normalized spacial score (nSPS) is 11.6. The van der Waals surface area contributed by atoms with E-state index in [1.807, 2.05) is 0 Å². The molecule has 13 heteroatoms. The van der Waals surface area contributed by atoms with Crippen molar-refractivity contribution in [3.05, 3.63) is 63.8 Å². The molecule has 0 unspecified atom stereocenters. The largest absolute Gasteiger partial charge is 0.493 e. The van der Waals surface area contributed by atoms with Crippen LogP contribution in [0.1, 0.15) is 37.6 Å². The molecule has 0 saturated carbocycles. The van der Waals surface area contributed by atoms with Crippen molar-refractivity contribution in [2.45, 2.75) is 39.3 Å². The molecular formula is C24H25F3N6O4. The van der Waals surface area contributed by atoms with Gasteiger partial charge in [0.25, 0.3) is 5.56 Å². The second kappa shape index (κ2) is 10.3. The Morgan fingerprint density at radius 1 is 1.14 bits per heavy atom. The number of nitrogens with one attached hydrogen (secondary N) is 3. The summed E-state index contributed by atoms with van der Waals surface area (Å²) in [4.78, 5) is 46.9. The predicted molar refractivity (Wildman–Crippen MR) is 130 cm³/mol. The highest BCUT2D eigenvalue weighted by Gasteiger charge is 2.40. The maximum absolute atomic E-state index is 13.7. The zero-order valence-electron chi connectivity index (χ0n) is 20.4. The summed E-state index contributed by atoms with van der Waals surface area (Å²) in [6.45, 7) is 6.24. The number of amides is 3. The number of primary amides is 1. The van der Waals surface area contributed by atoms with E-state index in [2.05, 4.69) is 25.6 Å². The molecule has 3 amide bonds. The second-order valence-corrected chi connectivity index (χ2v) is 8.53. The van der Waals surface area contributed by atoms with Gasteiger partial charge in [-0.25, -0.2) is 14.8 Å². The van der Waals surface area contributed by atoms with E-state index in [0.29, 0.717) is 17.9 Å². The Morgan fingerprint density at radius 2 is 1.84 bits per heavy atom. The molecule has 0 aliphatic rings. The first-order valence-electron chi connectivity index (χ1n) is 11.0. The highest BCUT2D eigenvalue weighted by molar-refractivity contribution is 6.00. The minimum atomic E-state index is -4.79. The lowest BCUT2D eigenvalue weighted by Gasteiger charge is -2.26. The van der Waals surface area contributed by atoms with E-state index < -0.39 is 29.1 Å². The number of carbonyl (C=O) groups is 2. The zero-order chi connectivity index (χ0) is 27.5. The van der Waals surface area contributed by atoms with Gasteiger partial charge in [-0.1, -0.05) is 6.07 Å². The molecular weight excluding hydrogens is 493 g/mol. The van der Waals surface area contributed by atoms with Crippen LogP contribution in [0.15, 0.2) is 41.5 Å². The van der Waals surface area contributed by atoms with Crippen molar-refractivity contribution in [2.24, 2.45) is 5.73 Å². The number of nitrogens with zero attached hydrogens (tertiary/aromatic N) is 2. The Hall–Kier alpha value is -4.42. The van der Waals surface area contributed by atoms with Gasteiger partial charge in [0.1, 0.15) is 5.75 Å². The number of anilines is 2. The van der Waals surface area contributed by atoms with E-state index in [4.69, 9.17) is 10.5 Å². The van der Waals surface area contributed by atoms with Crippen LogP contribution in [0.25, 0.3) is 11.4 Å². The molecule has 0 fully saturated rings. The summed E-state index contributed by atoms with van der Waals surface area (Å²) >= 11 is 0. The van der Waals surface area contributed by atoms with Crippen LogP contribution in [0.2, 0.25) is 0 Å². The van der Waals surface area contributed by atoms with Crippen LogP contribution in [-0.4, -0.2) is 33.5 Å². The number of urea groups is 1. The fourth-order valence-electron chi connectivity index (χ4n) is 3.44. The first-order valence-corrected chi connectivity index (χ1v) is 11.0. The van der Waals surface area contributed by atoms with Gasteiger partial charge in [-0.3, -0.25) is 9.59 Å². The number of alkyl halides is 3. The SMILES string of the molecule is CCOc1cc(=O)[nH]cc1-c1ncc(NC(=O)Nc2ccc(C(C)(C)C(N)=O)c(C(F)(F)F)c2)c(C)n1. The summed E-state index contributed by atoms with van der Waals surface area (Å²) in [5, 5.41) is 4.82. The zero-order valence-corrected chi connectivity index (χ0v) is 20.4. The highest BCUT2D eigenvalue weighted by Crippen LogP contribution is 2.39. The monoisotopic (exact) mass is 518 g/mol. The molecule has 0 spiro atoms. The van der Waals surface area contributed by atoms with Crippen molar-refractivity contribution in [3.8, 4) is 17.1 Å². The van der Waals surface area contributed by atoms with Gasteiger partial charge in [-0.15, -0.1) is 0 Å². The fourth-order valence-corrected chi connectivity index (χ4v) is 3.44. The third-order valence-electron chi connectivity index (χ3n) is 5.53. The van der Waals surface area contributed by atoms with Gasteiger partial charge in [0.2, 0.25) is 5.91 Å². The number of nitrogens with two attached hydrogens (primary N) is 1. The summed E-state index contributed by atoms with van der Waals surface area (Å²) in [7, 11) is 0. The van der Waals surface area contributed by atoms with Gasteiger partial charge < -0.3 is 26.1 Å². The van der Waals surface area contributed by atoms with E-state index in [0.717, 1.165) is 12.1 Å². The van der Waals surface area contributed by atoms with Gasteiger partial charge in [0.05, 0.1) is 40.7 Å². The standard InChI is InChI=1S/C24H25F3N6O4/c1-5-37-18-9-19(34)29-10-14(18)20-30-11-17(12(2)31-20)33-22(36)32-13-6-7-15(23(3,4)21(28)35)16(8-13)24(25,26)27/h6-11H,5H2,1-4H3,(H2,28,35)(H,29,34)(H2,32,33,36). The lowest BCUT2D eigenvalue weighted by molar-refractivity contribution is -0.139. The van der Waals surface area contributed by atoms with E-state index in [9.17, 15) is 27.6 Å². The number of carbonyl (C=O) groups excluding carboxylic acids is 2. The van der Waals surface area contributed by atoms with Crippen molar-refractivity contribution in [3.63, 3.8) is 0 Å². The second-order valence-electron chi connectivity index (χ2n) is 8.53. The average molecular weight is 518 g/mol. The molecule has 0 bridgehead atoms. The Kier molecular flexibility index (Phi) is 7.55. The Morgan fingerprint density at radius 3 is 2.43 bits per heavy atom. The van der Waals surface area contributed by atoms with Gasteiger partial charge in [-0.2, -0.15) is 13.2 Å². The Labute approximate surface area is 209 Å². The van der Waals surface area contributed by atoms with Crippen LogP contribution in [0.3, 0.4) is 0 Å². The number of aromatic amines is 1. The summed E-state index contributed by atoms with van der Waals surface area (Å²) < 4.78 is 46.6. The van der Waals surface area contributed by atoms with Crippen LogP contribution < -0.4 is 26.7 Å². The lowest BCUT2D eigenvalue weighted by Crippen LogP contribution is -2.37. The van der Waals surface area contributed by atoms with E-state index in [1.54, 1.807) is 13.8 Å². The number of benzene rings is 1. The molecule has 0 aliphatic carbocycles. The number of H-pyrrole nitrogens is 1. The number of aryl methyl sites for hydroxylation is 1. The molecule has 0 atom stereocenters. The van der Waals surface area contributed by atoms with Crippen LogP contribution in [-0.2, 0) is 16.4 Å². The third-order valence-corrected chi connectivity index (χ3v) is 5.53. The molecule has 2 aromatic heterocycles. The Balaban J connectivity index is 1.84. The molecule has 10 nitrogen and oxygen atoms in total. The third kappa shape index (κ3) is 6.05. The maximum Gasteiger partial charge on any atom is 0.416 e. The van der Waals surface area contributed by atoms with E-state index >= 15 is 0 Å². The van der Waals surface area contributed by atoms with Crippen LogP contribution in [0.5, 0.6) is 5.75 Å². The summed E-state index contributed by atoms with van der Waals surface area (Å²) in [5.41, 5.74) is 2.76. The number of ether oxygens (including phenoxy) is 1. The number of halogens is 3. The first-order chi connectivity index (χ1) is 17.2. The van der Waals surface area contributed by atoms with Gasteiger partial charge in [0, 0.05) is 18.0 Å². The molecule has 3 rings (SSSR count). The minimum absolute atomic E-state index is 0.154. The molecule has 0 radical (unpaired) electrons. The van der Waals surface area contributed by atoms with Gasteiger partial charge in [-0.05, 0) is 45.4 Å². The average Bonchev–Trinajstić information content (AvgIpc) is 2.80. The minimum Gasteiger partial charge on any atom is -0.493 e. The molecule has 196 valence electrons. The molecule has 1 aromatic carbocycles. The van der Waals surface area contributed by atoms with E-state index in [1.165, 1.54) is 38.4 Å². The number of hydrogen-bond donors (Lipinski definition) is 4. The van der Waals surface area contributed by atoms with Crippen LogP contribution >= 0.6 is 0 Å². The number of pyridine rings is 1. The Bertz CT molecular complexity index is 1400. The first kappa shape index (κ1) is 27.2. The van der Waals surface area contributed by atoms with Crippen molar-refractivity contribution >= 4 is 23.3 Å². The predicted octanol–water partition coefficient (Wildman–Crippen LogP) is 3.96. The van der Waals surface area contributed by atoms with Crippen molar-refractivity contribution in [2.75, 3.05) is 17.2 Å². The number of rotatable bonds is 7. The summed E-state index contributed by atoms with van der Waals surface area (Å²) in [5.74, 6) is -0.413. The van der Waals surface area contributed by atoms with Gasteiger partial charge in [0.15, 0.2) is 5.82 Å². The smallest absolute Gasteiger partial charge is 0.416 e. The maximum atomic E-state index is 13.7. The number of hydrogen-bond acceptors (Lipinski definition) is 6. The molecule has 5 N–H and O–H groups in total. The molecule has 0 aliphatic heterocycles. The van der Waals surface area contributed by atoms with Crippen molar-refractivity contribution < 1.29 is 27.5 Å². The number of aromatic nitrogens is 3. The summed E-state index contributed by atoms with van der Waals surface area (Å²) in [6, 6.07) is 3.51. The molecule has 2 heterocycles. The summed E-state index contributed by atoms with van der Waals surface area (Å²) in [6.07, 6.45) is -2.07. The van der Waals surface area contributed by atoms with Crippen molar-refractivity contribution in [1.29, 1.82) is 0 Å². The van der Waals surface area contributed by atoms with E-state index in [-0.39, 0.29) is 34.1 Å². The van der Waals surface area contributed by atoms with Gasteiger partial charge >= 0.3 is 12.2 Å². The highest BCUT2D eigenvalue weighted by atomic mass is 19.4. The quantitative estimate of drug-likeness (QED) is 0.372. The molecule has 0 saturated heterocycles. The fraction of sp³-hybridized carbons (Fsp3) is 0.292. The molecule has 37 heavy (non-hydrogen) atoms. The van der Waals surface area contributed by atoms with Crippen LogP contribution in [0.4, 0.5) is 29.3 Å². The van der Waals surface area contributed by atoms with Crippen LogP contribution in [0, 0.1) is 6.92 Å².